The van der Waals surface area contributed by atoms with E-state index in [2.05, 4.69) is 25.7 Å². The number of hydrogen-bond donors (Lipinski definition) is 2. The summed E-state index contributed by atoms with van der Waals surface area (Å²) in [6.45, 7) is 4.89. The molecule has 1 aromatic carbocycles. The molecule has 0 bridgehead atoms. The molecule has 2 aromatic heterocycles. The van der Waals surface area contributed by atoms with Crippen molar-refractivity contribution in [2.45, 2.75) is 13.8 Å². The zero-order valence-electron chi connectivity index (χ0n) is 15.3. The molecule has 2 N–H and O–H groups in total. The average Bonchev–Trinajstić information content (AvgIpc) is 3.03. The van der Waals surface area contributed by atoms with Gasteiger partial charge < -0.3 is 15.4 Å². The minimum Gasteiger partial charge on any atom is -0.484 e. The van der Waals surface area contributed by atoms with Crippen molar-refractivity contribution in [3.63, 3.8) is 0 Å². The van der Waals surface area contributed by atoms with Crippen LogP contribution in [0.15, 0.2) is 48.8 Å². The number of rotatable bonds is 8. The first-order chi connectivity index (χ1) is 13.1. The van der Waals surface area contributed by atoms with Gasteiger partial charge in [0.15, 0.2) is 12.4 Å². The first-order valence-corrected chi connectivity index (χ1v) is 8.66. The molecule has 0 fully saturated rings. The number of ether oxygens (including phenoxy) is 1. The fraction of sp³-hybridized carbons (Fsp3) is 0.263. The highest BCUT2D eigenvalue weighted by Gasteiger charge is 2.07. The number of nitrogens with zero attached hydrogens (tertiary/aromatic N) is 4. The second-order valence-electron chi connectivity index (χ2n) is 5.98. The number of aryl methyl sites for hydroxylation is 2. The molecular weight excluding hydrogens is 344 g/mol. The number of benzene rings is 1. The lowest BCUT2D eigenvalue weighted by Gasteiger charge is -2.09. The van der Waals surface area contributed by atoms with Crippen LogP contribution in [0.5, 0.6) is 5.75 Å². The molecule has 0 radical (unpaired) electrons. The molecule has 2 heterocycles. The maximum Gasteiger partial charge on any atom is 0.258 e. The van der Waals surface area contributed by atoms with Crippen LogP contribution in [-0.2, 0) is 4.79 Å². The molecule has 0 saturated carbocycles. The zero-order chi connectivity index (χ0) is 19.1. The van der Waals surface area contributed by atoms with E-state index in [-0.39, 0.29) is 12.5 Å². The molecule has 0 aliphatic carbocycles. The van der Waals surface area contributed by atoms with Crippen LogP contribution in [0.1, 0.15) is 11.4 Å². The molecule has 0 saturated heterocycles. The molecule has 8 heteroatoms. The number of carbonyl (C=O) groups is 1. The SMILES string of the molecule is Cc1cc(C)n(-c2cc(NCCNC(=O)COc3ccccc3)ncn2)n1. The van der Waals surface area contributed by atoms with E-state index in [1.807, 2.05) is 56.3 Å². The molecule has 140 valence electrons. The Labute approximate surface area is 157 Å². The molecule has 1 amide bonds. The van der Waals surface area contributed by atoms with Crippen LogP contribution in [-0.4, -0.2) is 45.4 Å². The molecular formula is C19H22N6O2. The van der Waals surface area contributed by atoms with E-state index in [4.69, 9.17) is 4.74 Å². The summed E-state index contributed by atoms with van der Waals surface area (Å²) in [7, 11) is 0. The number of aromatic nitrogens is 4. The Morgan fingerprint density at radius 2 is 1.93 bits per heavy atom. The van der Waals surface area contributed by atoms with Crippen molar-refractivity contribution in [2.75, 3.05) is 25.0 Å². The molecule has 0 aliphatic rings. The first kappa shape index (κ1) is 18.4. The third-order valence-corrected chi connectivity index (χ3v) is 3.75. The topological polar surface area (TPSA) is 94.0 Å². The quantitative estimate of drug-likeness (QED) is 0.591. The number of nitrogens with one attached hydrogen (secondary N) is 2. The lowest BCUT2D eigenvalue weighted by Crippen LogP contribution is -2.32. The van der Waals surface area contributed by atoms with Gasteiger partial charge >= 0.3 is 0 Å². The van der Waals surface area contributed by atoms with Crippen molar-refractivity contribution in [1.29, 1.82) is 0 Å². The van der Waals surface area contributed by atoms with Crippen LogP contribution in [0.25, 0.3) is 5.82 Å². The molecule has 3 rings (SSSR count). The van der Waals surface area contributed by atoms with Gasteiger partial charge in [0.1, 0.15) is 17.9 Å². The molecule has 3 aromatic rings. The predicted octanol–water partition coefficient (Wildman–Crippen LogP) is 1.89. The Morgan fingerprint density at radius 1 is 1.11 bits per heavy atom. The van der Waals surface area contributed by atoms with E-state index >= 15 is 0 Å². The van der Waals surface area contributed by atoms with Gasteiger partial charge in [-0.1, -0.05) is 18.2 Å². The highest BCUT2D eigenvalue weighted by Crippen LogP contribution is 2.12. The Hall–Kier alpha value is -3.42. The van der Waals surface area contributed by atoms with Crippen LogP contribution < -0.4 is 15.4 Å². The first-order valence-electron chi connectivity index (χ1n) is 8.66. The van der Waals surface area contributed by atoms with E-state index in [0.29, 0.717) is 30.5 Å². The fourth-order valence-corrected chi connectivity index (χ4v) is 2.53. The smallest absolute Gasteiger partial charge is 0.258 e. The molecule has 27 heavy (non-hydrogen) atoms. The lowest BCUT2D eigenvalue weighted by molar-refractivity contribution is -0.123. The highest BCUT2D eigenvalue weighted by atomic mass is 16.5. The fourth-order valence-electron chi connectivity index (χ4n) is 2.53. The Bertz CT molecular complexity index is 894. The van der Waals surface area contributed by atoms with Crippen LogP contribution in [0, 0.1) is 13.8 Å². The summed E-state index contributed by atoms with van der Waals surface area (Å²) in [5.41, 5.74) is 1.93. The van der Waals surface area contributed by atoms with Crippen LogP contribution in [0.4, 0.5) is 5.82 Å². The highest BCUT2D eigenvalue weighted by molar-refractivity contribution is 5.77. The van der Waals surface area contributed by atoms with Crippen LogP contribution >= 0.6 is 0 Å². The summed E-state index contributed by atoms with van der Waals surface area (Å²) in [4.78, 5) is 20.3. The third kappa shape index (κ3) is 5.27. The Morgan fingerprint density at radius 3 is 2.67 bits per heavy atom. The number of para-hydroxylation sites is 1. The molecule has 0 atom stereocenters. The summed E-state index contributed by atoms with van der Waals surface area (Å²) in [6, 6.07) is 13.0. The van der Waals surface area contributed by atoms with Gasteiger partial charge in [0.2, 0.25) is 0 Å². The van der Waals surface area contributed by atoms with Gasteiger partial charge in [-0.15, -0.1) is 0 Å². The second kappa shape index (κ2) is 8.79. The molecule has 0 aliphatic heterocycles. The van der Waals surface area contributed by atoms with Gasteiger partial charge in [0.05, 0.1) is 5.69 Å². The maximum absolute atomic E-state index is 11.8. The van der Waals surface area contributed by atoms with E-state index in [1.165, 1.54) is 6.33 Å². The summed E-state index contributed by atoms with van der Waals surface area (Å²) < 4.78 is 7.17. The van der Waals surface area contributed by atoms with Gasteiger partial charge in [-0.3, -0.25) is 4.79 Å². The number of anilines is 1. The molecule has 0 spiro atoms. The normalized spacial score (nSPS) is 10.4. The van der Waals surface area contributed by atoms with E-state index in [9.17, 15) is 4.79 Å². The number of hydrogen-bond acceptors (Lipinski definition) is 6. The van der Waals surface area contributed by atoms with Crippen molar-refractivity contribution in [2.24, 2.45) is 0 Å². The zero-order valence-corrected chi connectivity index (χ0v) is 15.3. The van der Waals surface area contributed by atoms with Crippen LogP contribution in [0.3, 0.4) is 0 Å². The van der Waals surface area contributed by atoms with Crippen molar-refractivity contribution in [3.8, 4) is 11.6 Å². The Kier molecular flexibility index (Phi) is 5.98. The van der Waals surface area contributed by atoms with Crippen molar-refractivity contribution in [3.05, 3.63) is 60.2 Å². The van der Waals surface area contributed by atoms with Crippen molar-refractivity contribution in [1.82, 2.24) is 25.1 Å². The predicted molar refractivity (Wildman–Crippen MR) is 102 cm³/mol. The van der Waals surface area contributed by atoms with Crippen molar-refractivity contribution < 1.29 is 9.53 Å². The van der Waals surface area contributed by atoms with E-state index < -0.39 is 0 Å². The van der Waals surface area contributed by atoms with Crippen molar-refractivity contribution >= 4 is 11.7 Å². The van der Waals surface area contributed by atoms with Gasteiger partial charge in [-0.05, 0) is 32.0 Å². The van der Waals surface area contributed by atoms with Gasteiger partial charge in [-0.2, -0.15) is 5.10 Å². The van der Waals surface area contributed by atoms with Crippen LogP contribution in [0.2, 0.25) is 0 Å². The lowest BCUT2D eigenvalue weighted by atomic mass is 10.3. The van der Waals surface area contributed by atoms with E-state index in [0.717, 1.165) is 11.4 Å². The summed E-state index contributed by atoms with van der Waals surface area (Å²) in [5.74, 6) is 1.86. The average molecular weight is 366 g/mol. The van der Waals surface area contributed by atoms with E-state index in [1.54, 1.807) is 4.68 Å². The minimum atomic E-state index is -0.174. The largest absolute Gasteiger partial charge is 0.484 e. The van der Waals surface area contributed by atoms with Gasteiger partial charge in [-0.25, -0.2) is 14.6 Å². The summed E-state index contributed by atoms with van der Waals surface area (Å²) in [6.07, 6.45) is 1.49. The minimum absolute atomic E-state index is 0.0143. The molecule has 0 unspecified atom stereocenters. The number of carbonyl (C=O) groups excluding carboxylic acids is 1. The Balaban J connectivity index is 1.43. The maximum atomic E-state index is 11.8. The summed E-state index contributed by atoms with van der Waals surface area (Å²) in [5, 5.41) is 10.4. The number of amides is 1. The second-order valence-corrected chi connectivity index (χ2v) is 5.98. The summed E-state index contributed by atoms with van der Waals surface area (Å²) >= 11 is 0. The monoisotopic (exact) mass is 366 g/mol. The third-order valence-electron chi connectivity index (χ3n) is 3.75. The standard InChI is InChI=1S/C19H22N6O2/c1-14-10-15(2)25(24-14)18-11-17(22-13-23-18)20-8-9-21-19(26)12-27-16-6-4-3-5-7-16/h3-7,10-11,13H,8-9,12H2,1-2H3,(H,21,26)(H,20,22,23). The van der Waals surface area contributed by atoms with Gasteiger partial charge in [0.25, 0.3) is 5.91 Å². The van der Waals surface area contributed by atoms with Gasteiger partial charge in [0, 0.05) is 24.8 Å². The molecule has 8 nitrogen and oxygen atoms in total.